The molecule has 1 aromatic carbocycles. The zero-order valence-corrected chi connectivity index (χ0v) is 11.9. The van der Waals surface area contributed by atoms with E-state index in [0.29, 0.717) is 18.2 Å². The summed E-state index contributed by atoms with van der Waals surface area (Å²) >= 11 is 1.48. The fraction of sp³-hybridized carbons (Fsp3) is 0.357. The zero-order chi connectivity index (χ0) is 14.1. The van der Waals surface area contributed by atoms with Crippen LogP contribution in [0.5, 0.6) is 0 Å². The van der Waals surface area contributed by atoms with Crippen molar-refractivity contribution in [1.82, 2.24) is 9.88 Å². The third kappa shape index (κ3) is 2.32. The molecule has 0 radical (unpaired) electrons. The van der Waals surface area contributed by atoms with Crippen molar-refractivity contribution < 1.29 is 4.79 Å². The van der Waals surface area contributed by atoms with Crippen LogP contribution in [0, 0.1) is 24.3 Å². The van der Waals surface area contributed by atoms with Crippen molar-refractivity contribution >= 4 is 32.6 Å². The molecule has 0 saturated carbocycles. The maximum absolute atomic E-state index is 12.2. The average molecular weight is 286 g/mol. The molecular formula is C14H14N4OS. The number of amides is 1. The number of hydrogen-bond acceptors (Lipinski definition) is 5. The molecule has 0 spiro atoms. The van der Waals surface area contributed by atoms with Crippen molar-refractivity contribution in [3.05, 3.63) is 23.8 Å². The molecule has 1 aliphatic rings. The monoisotopic (exact) mass is 286 g/mol. The van der Waals surface area contributed by atoms with Gasteiger partial charge in [-0.25, -0.2) is 4.98 Å². The smallest absolute Gasteiger partial charge is 0.231 e. The summed E-state index contributed by atoms with van der Waals surface area (Å²) in [4.78, 5) is 18.2. The van der Waals surface area contributed by atoms with E-state index in [4.69, 9.17) is 5.26 Å². The van der Waals surface area contributed by atoms with Crippen LogP contribution in [-0.4, -0.2) is 28.9 Å². The normalized spacial score (nSPS) is 18.2. The topological polar surface area (TPSA) is 69.0 Å². The highest BCUT2D eigenvalue weighted by molar-refractivity contribution is 7.22. The summed E-state index contributed by atoms with van der Waals surface area (Å²) in [6.45, 7) is 3.18. The number of aryl methyl sites for hydroxylation is 1. The van der Waals surface area contributed by atoms with Gasteiger partial charge in [0.15, 0.2) is 11.3 Å². The summed E-state index contributed by atoms with van der Waals surface area (Å²) < 4.78 is 1.07. The number of fused-ring (bicyclic) bond motifs is 1. The lowest BCUT2D eigenvalue weighted by molar-refractivity contribution is -0.119. The van der Waals surface area contributed by atoms with Crippen LogP contribution in [0.1, 0.15) is 12.0 Å². The van der Waals surface area contributed by atoms with Gasteiger partial charge in [-0.1, -0.05) is 23.5 Å². The highest BCUT2D eigenvalue weighted by atomic mass is 32.1. The molecule has 3 rings (SSSR count). The fourth-order valence-electron chi connectivity index (χ4n) is 2.41. The van der Waals surface area contributed by atoms with Crippen LogP contribution in [0.3, 0.4) is 0 Å². The van der Waals surface area contributed by atoms with Crippen LogP contribution >= 0.6 is 11.3 Å². The molecule has 1 atom stereocenters. The quantitative estimate of drug-likeness (QED) is 0.860. The standard InChI is InChI=1S/C14H14N4OS/c1-9-3-2-4-11-12(9)16-14(20-11)17-13(19)10-5-6-18(7-10)8-15/h2-4,10H,5-7H2,1H3,(H,16,17,19). The van der Waals surface area contributed by atoms with Gasteiger partial charge in [-0.05, 0) is 25.0 Å². The van der Waals surface area contributed by atoms with Gasteiger partial charge in [0.05, 0.1) is 16.1 Å². The third-order valence-corrected chi connectivity index (χ3v) is 4.49. The SMILES string of the molecule is Cc1cccc2sc(NC(=O)C3CCN(C#N)C3)nc12. The summed E-state index contributed by atoms with van der Waals surface area (Å²) in [6.07, 6.45) is 2.81. The van der Waals surface area contributed by atoms with Crippen molar-refractivity contribution in [3.8, 4) is 6.19 Å². The molecule has 1 saturated heterocycles. The van der Waals surface area contributed by atoms with Gasteiger partial charge in [0, 0.05) is 13.1 Å². The Balaban J connectivity index is 1.75. The lowest BCUT2D eigenvalue weighted by Gasteiger charge is -2.08. The Morgan fingerprint density at radius 2 is 2.45 bits per heavy atom. The minimum absolute atomic E-state index is 0.0422. The molecule has 0 bridgehead atoms. The van der Waals surface area contributed by atoms with Gasteiger partial charge in [0.25, 0.3) is 0 Å². The second-order valence-corrected chi connectivity index (χ2v) is 5.99. The number of nitrogens with zero attached hydrogens (tertiary/aromatic N) is 3. The minimum Gasteiger partial charge on any atom is -0.310 e. The molecule has 1 aliphatic heterocycles. The molecule has 102 valence electrons. The number of nitriles is 1. The Bertz CT molecular complexity index is 703. The van der Waals surface area contributed by atoms with Gasteiger partial charge in [-0.3, -0.25) is 4.79 Å². The van der Waals surface area contributed by atoms with Crippen molar-refractivity contribution in [3.63, 3.8) is 0 Å². The first-order valence-corrected chi connectivity index (χ1v) is 7.30. The molecule has 1 aromatic heterocycles. The fourth-order valence-corrected chi connectivity index (χ4v) is 3.36. The Hall–Kier alpha value is -2.13. The van der Waals surface area contributed by atoms with Crippen LogP contribution in [0.15, 0.2) is 18.2 Å². The van der Waals surface area contributed by atoms with E-state index >= 15 is 0 Å². The summed E-state index contributed by atoms with van der Waals surface area (Å²) in [5, 5.41) is 12.3. The number of aromatic nitrogens is 1. The molecule has 1 unspecified atom stereocenters. The Kier molecular flexibility index (Phi) is 3.28. The van der Waals surface area contributed by atoms with E-state index in [-0.39, 0.29) is 11.8 Å². The average Bonchev–Trinajstić information content (AvgIpc) is 3.05. The number of rotatable bonds is 2. The van der Waals surface area contributed by atoms with Crippen molar-refractivity contribution in [2.45, 2.75) is 13.3 Å². The third-order valence-electron chi connectivity index (χ3n) is 3.55. The molecule has 2 aromatic rings. The molecular weight excluding hydrogens is 272 g/mol. The van der Waals surface area contributed by atoms with Crippen LogP contribution < -0.4 is 5.32 Å². The highest BCUT2D eigenvalue weighted by Gasteiger charge is 2.28. The number of anilines is 1. The second-order valence-electron chi connectivity index (χ2n) is 4.96. The van der Waals surface area contributed by atoms with Crippen LogP contribution in [0.25, 0.3) is 10.2 Å². The lowest BCUT2D eigenvalue weighted by atomic mass is 10.1. The summed E-state index contributed by atoms with van der Waals surface area (Å²) in [6, 6.07) is 6.00. The van der Waals surface area contributed by atoms with E-state index in [0.717, 1.165) is 22.2 Å². The van der Waals surface area contributed by atoms with E-state index < -0.39 is 0 Å². The van der Waals surface area contributed by atoms with E-state index in [1.165, 1.54) is 11.3 Å². The zero-order valence-electron chi connectivity index (χ0n) is 11.1. The largest absolute Gasteiger partial charge is 0.310 e. The lowest BCUT2D eigenvalue weighted by Crippen LogP contribution is -2.25. The number of carbonyl (C=O) groups excluding carboxylic acids is 1. The first-order chi connectivity index (χ1) is 9.67. The van der Waals surface area contributed by atoms with Crippen molar-refractivity contribution in [2.75, 3.05) is 18.4 Å². The summed E-state index contributed by atoms with van der Waals surface area (Å²) in [5.41, 5.74) is 2.05. The maximum Gasteiger partial charge on any atom is 0.231 e. The molecule has 1 N–H and O–H groups in total. The number of carbonyl (C=O) groups is 1. The number of hydrogen-bond donors (Lipinski definition) is 1. The maximum atomic E-state index is 12.2. The van der Waals surface area contributed by atoms with Crippen LogP contribution in [0.2, 0.25) is 0 Å². The van der Waals surface area contributed by atoms with Crippen LogP contribution in [-0.2, 0) is 4.79 Å². The number of para-hydroxylation sites is 1. The Labute approximate surface area is 120 Å². The molecule has 2 heterocycles. The van der Waals surface area contributed by atoms with Gasteiger partial charge in [0.1, 0.15) is 0 Å². The minimum atomic E-state index is -0.122. The molecule has 1 amide bonds. The number of thiazole rings is 1. The van der Waals surface area contributed by atoms with Gasteiger partial charge >= 0.3 is 0 Å². The number of benzene rings is 1. The molecule has 1 fully saturated rings. The van der Waals surface area contributed by atoms with Crippen LogP contribution in [0.4, 0.5) is 5.13 Å². The molecule has 0 aliphatic carbocycles. The van der Waals surface area contributed by atoms with E-state index in [2.05, 4.69) is 16.5 Å². The molecule has 5 nitrogen and oxygen atoms in total. The number of likely N-dealkylation sites (tertiary alicyclic amines) is 1. The molecule has 6 heteroatoms. The Morgan fingerprint density at radius 3 is 3.15 bits per heavy atom. The highest BCUT2D eigenvalue weighted by Crippen LogP contribution is 2.28. The van der Waals surface area contributed by atoms with Crippen molar-refractivity contribution in [1.29, 1.82) is 5.26 Å². The first-order valence-electron chi connectivity index (χ1n) is 6.49. The first kappa shape index (κ1) is 12.9. The van der Waals surface area contributed by atoms with Gasteiger partial charge in [0.2, 0.25) is 5.91 Å². The predicted molar refractivity (Wildman–Crippen MR) is 78.3 cm³/mol. The van der Waals surface area contributed by atoms with Gasteiger partial charge in [-0.15, -0.1) is 0 Å². The number of nitrogens with one attached hydrogen (secondary N) is 1. The molecule has 20 heavy (non-hydrogen) atoms. The van der Waals surface area contributed by atoms with E-state index in [1.807, 2.05) is 25.1 Å². The van der Waals surface area contributed by atoms with Crippen molar-refractivity contribution in [2.24, 2.45) is 5.92 Å². The predicted octanol–water partition coefficient (Wildman–Crippen LogP) is 2.35. The van der Waals surface area contributed by atoms with E-state index in [1.54, 1.807) is 4.90 Å². The van der Waals surface area contributed by atoms with Gasteiger partial charge < -0.3 is 10.2 Å². The Morgan fingerprint density at radius 1 is 1.60 bits per heavy atom. The van der Waals surface area contributed by atoms with Gasteiger partial charge in [-0.2, -0.15) is 5.26 Å². The summed E-state index contributed by atoms with van der Waals surface area (Å²) in [5.74, 6) is -0.165. The second kappa shape index (κ2) is 5.10. The van der Waals surface area contributed by atoms with E-state index in [9.17, 15) is 4.79 Å². The summed E-state index contributed by atoms with van der Waals surface area (Å²) in [7, 11) is 0.